The Morgan fingerprint density at radius 1 is 1.15 bits per heavy atom. The fourth-order valence-corrected chi connectivity index (χ4v) is 4.21. The van der Waals surface area contributed by atoms with Gasteiger partial charge in [-0.05, 0) is 51.5 Å². The van der Waals surface area contributed by atoms with Crippen molar-refractivity contribution < 1.29 is 14.4 Å². The van der Waals surface area contributed by atoms with Crippen molar-refractivity contribution in [2.75, 3.05) is 25.5 Å². The first-order valence-electron chi connectivity index (χ1n) is 8.17. The van der Waals surface area contributed by atoms with Crippen LogP contribution in [0.3, 0.4) is 0 Å². The molecule has 7 heteroatoms. The summed E-state index contributed by atoms with van der Waals surface area (Å²) >= 11 is 4.36. The molecule has 0 spiro atoms. The summed E-state index contributed by atoms with van der Waals surface area (Å²) in [5.41, 5.74) is 2.28. The summed E-state index contributed by atoms with van der Waals surface area (Å²) < 4.78 is 0.889. The first-order chi connectivity index (χ1) is 12.9. The van der Waals surface area contributed by atoms with Crippen LogP contribution in [0.2, 0.25) is 0 Å². The van der Waals surface area contributed by atoms with Crippen LogP contribution in [0.5, 0.6) is 0 Å². The minimum atomic E-state index is -0.443. The maximum Gasteiger partial charge on any atom is 0.293 e. The van der Waals surface area contributed by atoms with Gasteiger partial charge in [0.25, 0.3) is 11.1 Å². The number of amides is 2. The van der Waals surface area contributed by atoms with Crippen LogP contribution in [-0.4, -0.2) is 42.5 Å². The molecular weight excluding hydrogens is 428 g/mol. The van der Waals surface area contributed by atoms with Gasteiger partial charge in [-0.2, -0.15) is 0 Å². The van der Waals surface area contributed by atoms with Gasteiger partial charge in [-0.15, -0.1) is 0 Å². The van der Waals surface area contributed by atoms with Crippen molar-refractivity contribution in [3.05, 3.63) is 69.0 Å². The molecule has 1 heterocycles. The highest BCUT2D eigenvalue weighted by molar-refractivity contribution is 9.10. The average molecular weight is 445 g/mol. The van der Waals surface area contributed by atoms with Gasteiger partial charge in [0.1, 0.15) is 0 Å². The van der Waals surface area contributed by atoms with E-state index in [0.29, 0.717) is 10.5 Å². The van der Waals surface area contributed by atoms with Gasteiger partial charge >= 0.3 is 0 Å². The van der Waals surface area contributed by atoms with Crippen molar-refractivity contribution >= 4 is 56.4 Å². The van der Waals surface area contributed by atoms with Gasteiger partial charge < -0.3 is 4.90 Å². The van der Waals surface area contributed by atoms with Crippen molar-refractivity contribution in [1.29, 1.82) is 0 Å². The summed E-state index contributed by atoms with van der Waals surface area (Å²) in [4.78, 5) is 40.4. The molecule has 2 aromatic rings. The standard InChI is InChI=1S/C20H17BrN2O3S/c1-22(2)16-9-8-13(10-15(16)21)11-18-19(25)23(20(26)27-18)12-17(24)14-6-4-3-5-7-14/h3-11H,12H2,1-2H3/b18-11-. The van der Waals surface area contributed by atoms with E-state index in [4.69, 9.17) is 0 Å². The molecule has 0 N–H and O–H groups in total. The Balaban J connectivity index is 1.78. The Morgan fingerprint density at radius 3 is 2.48 bits per heavy atom. The second-order valence-electron chi connectivity index (χ2n) is 6.16. The molecule has 2 amide bonds. The van der Waals surface area contributed by atoms with Gasteiger partial charge in [0, 0.05) is 24.1 Å². The molecule has 0 radical (unpaired) electrons. The lowest BCUT2D eigenvalue weighted by Gasteiger charge is -2.14. The third kappa shape index (κ3) is 4.31. The molecule has 2 aromatic carbocycles. The van der Waals surface area contributed by atoms with E-state index < -0.39 is 11.1 Å². The van der Waals surface area contributed by atoms with Gasteiger partial charge in [-0.25, -0.2) is 0 Å². The zero-order chi connectivity index (χ0) is 19.6. The lowest BCUT2D eigenvalue weighted by molar-refractivity contribution is -0.122. The smallest absolute Gasteiger partial charge is 0.293 e. The lowest BCUT2D eigenvalue weighted by atomic mass is 10.1. The fraction of sp³-hybridized carbons (Fsp3) is 0.150. The molecule has 1 saturated heterocycles. The predicted molar refractivity (Wildman–Crippen MR) is 112 cm³/mol. The van der Waals surface area contributed by atoms with Crippen molar-refractivity contribution in [2.24, 2.45) is 0 Å². The Bertz CT molecular complexity index is 941. The molecular formula is C20H17BrN2O3S. The van der Waals surface area contributed by atoms with Crippen molar-refractivity contribution in [2.45, 2.75) is 0 Å². The summed E-state index contributed by atoms with van der Waals surface area (Å²) in [6, 6.07) is 14.3. The fourth-order valence-electron chi connectivity index (χ4n) is 2.62. The zero-order valence-corrected chi connectivity index (χ0v) is 17.2. The van der Waals surface area contributed by atoms with Gasteiger partial charge in [0.05, 0.1) is 17.1 Å². The highest BCUT2D eigenvalue weighted by Crippen LogP contribution is 2.33. The second kappa shape index (κ2) is 8.10. The van der Waals surface area contributed by atoms with Crippen LogP contribution in [0, 0.1) is 0 Å². The third-order valence-corrected chi connectivity index (χ3v) is 5.56. The first-order valence-corrected chi connectivity index (χ1v) is 9.78. The number of rotatable bonds is 5. The van der Waals surface area contributed by atoms with Crippen LogP contribution in [0.1, 0.15) is 15.9 Å². The van der Waals surface area contributed by atoms with Gasteiger partial charge in [-0.1, -0.05) is 36.4 Å². The molecule has 0 atom stereocenters. The SMILES string of the molecule is CN(C)c1ccc(/C=C2\SC(=O)N(CC(=O)c3ccccc3)C2=O)cc1Br. The maximum atomic E-state index is 12.6. The van der Waals surface area contributed by atoms with E-state index in [1.807, 2.05) is 37.2 Å². The van der Waals surface area contributed by atoms with Gasteiger partial charge in [0.15, 0.2) is 5.78 Å². The van der Waals surface area contributed by atoms with E-state index in [0.717, 1.165) is 32.4 Å². The Hall–Kier alpha value is -2.38. The summed E-state index contributed by atoms with van der Waals surface area (Å²) in [5, 5.41) is -0.431. The average Bonchev–Trinajstić information content (AvgIpc) is 2.89. The molecule has 5 nitrogen and oxygen atoms in total. The van der Waals surface area contributed by atoms with E-state index in [1.54, 1.807) is 36.4 Å². The van der Waals surface area contributed by atoms with Crippen LogP contribution in [0.15, 0.2) is 57.9 Å². The van der Waals surface area contributed by atoms with Crippen LogP contribution in [0.25, 0.3) is 6.08 Å². The number of Topliss-reactive ketones (excluding diaryl/α,β-unsaturated/α-hetero) is 1. The first kappa shape index (κ1) is 19.4. The molecule has 138 valence electrons. The van der Waals surface area contributed by atoms with Crippen molar-refractivity contribution in [1.82, 2.24) is 4.90 Å². The quantitative estimate of drug-likeness (QED) is 0.504. The van der Waals surface area contributed by atoms with Gasteiger partial charge in [0.2, 0.25) is 0 Å². The number of thioether (sulfide) groups is 1. The minimum Gasteiger partial charge on any atom is -0.377 e. The van der Waals surface area contributed by atoms with Crippen LogP contribution >= 0.6 is 27.7 Å². The van der Waals surface area contributed by atoms with E-state index >= 15 is 0 Å². The van der Waals surface area contributed by atoms with Crippen LogP contribution < -0.4 is 4.90 Å². The summed E-state index contributed by atoms with van der Waals surface area (Å²) in [5.74, 6) is -0.709. The number of ketones is 1. The number of hydrogen-bond acceptors (Lipinski definition) is 5. The molecule has 3 rings (SSSR count). The molecule has 0 aliphatic carbocycles. The van der Waals surface area contributed by atoms with E-state index in [-0.39, 0.29) is 12.3 Å². The van der Waals surface area contributed by atoms with E-state index in [2.05, 4.69) is 15.9 Å². The van der Waals surface area contributed by atoms with Crippen molar-refractivity contribution in [3.63, 3.8) is 0 Å². The normalized spacial score (nSPS) is 15.5. The van der Waals surface area contributed by atoms with E-state index in [1.165, 1.54) is 0 Å². The predicted octanol–water partition coefficient (Wildman–Crippen LogP) is 4.43. The number of benzene rings is 2. The molecule has 1 fully saturated rings. The maximum absolute atomic E-state index is 12.6. The largest absolute Gasteiger partial charge is 0.377 e. The molecule has 27 heavy (non-hydrogen) atoms. The number of imide groups is 1. The number of carbonyl (C=O) groups excluding carboxylic acids is 3. The Kier molecular flexibility index (Phi) is 5.82. The Labute approximate surface area is 170 Å². The van der Waals surface area contributed by atoms with Crippen molar-refractivity contribution in [3.8, 4) is 0 Å². The second-order valence-corrected chi connectivity index (χ2v) is 8.01. The summed E-state index contributed by atoms with van der Waals surface area (Å²) in [6.45, 7) is -0.255. The molecule has 0 unspecified atom stereocenters. The monoisotopic (exact) mass is 444 g/mol. The van der Waals surface area contributed by atoms with Crippen LogP contribution in [0.4, 0.5) is 10.5 Å². The highest BCUT2D eigenvalue weighted by Gasteiger charge is 2.36. The molecule has 1 aliphatic rings. The molecule has 0 bridgehead atoms. The minimum absolute atomic E-state index is 0.255. The number of anilines is 1. The molecule has 1 aliphatic heterocycles. The summed E-state index contributed by atoms with van der Waals surface area (Å²) in [7, 11) is 3.88. The van der Waals surface area contributed by atoms with Crippen LogP contribution in [-0.2, 0) is 4.79 Å². The molecule has 0 aromatic heterocycles. The number of hydrogen-bond donors (Lipinski definition) is 0. The number of carbonyl (C=O) groups is 3. The summed E-state index contributed by atoms with van der Waals surface area (Å²) in [6.07, 6.45) is 1.67. The molecule has 0 saturated carbocycles. The number of halogens is 1. The van der Waals surface area contributed by atoms with Gasteiger partial charge in [-0.3, -0.25) is 19.3 Å². The zero-order valence-electron chi connectivity index (χ0n) is 14.8. The number of nitrogens with zero attached hydrogens (tertiary/aromatic N) is 2. The topological polar surface area (TPSA) is 57.7 Å². The third-order valence-electron chi connectivity index (χ3n) is 4.02. The highest BCUT2D eigenvalue weighted by atomic mass is 79.9. The van der Waals surface area contributed by atoms with E-state index in [9.17, 15) is 14.4 Å². The Morgan fingerprint density at radius 2 is 1.85 bits per heavy atom. The lowest BCUT2D eigenvalue weighted by Crippen LogP contribution is -2.33.